The van der Waals surface area contributed by atoms with E-state index in [1.807, 2.05) is 85.8 Å². The highest BCUT2D eigenvalue weighted by atomic mass is 32.2. The van der Waals surface area contributed by atoms with Crippen molar-refractivity contribution < 1.29 is 9.53 Å². The molecular formula is C26H20N4O2S. The molecule has 6 nitrogen and oxygen atoms in total. The van der Waals surface area contributed by atoms with Crippen LogP contribution in [0.25, 0.3) is 6.08 Å². The fourth-order valence-corrected chi connectivity index (χ4v) is 4.50. The molecule has 5 rings (SSSR count). The molecule has 0 unspecified atom stereocenters. The largest absolute Gasteiger partial charge is 0.489 e. The maximum atomic E-state index is 12.7. The molecule has 1 N–H and O–H groups in total. The highest BCUT2D eigenvalue weighted by molar-refractivity contribution is 8.27. The number of amides is 1. The van der Waals surface area contributed by atoms with Crippen LogP contribution in [0.3, 0.4) is 0 Å². The van der Waals surface area contributed by atoms with Crippen LogP contribution in [-0.2, 0) is 11.4 Å². The van der Waals surface area contributed by atoms with Crippen LogP contribution < -0.4 is 4.74 Å². The lowest BCUT2D eigenvalue weighted by molar-refractivity contribution is -0.114. The molecule has 3 aromatic carbocycles. The van der Waals surface area contributed by atoms with Crippen LogP contribution in [0.15, 0.2) is 94.5 Å². The molecule has 0 aromatic heterocycles. The molecule has 0 radical (unpaired) electrons. The quantitative estimate of drug-likeness (QED) is 0.537. The first-order valence-corrected chi connectivity index (χ1v) is 11.2. The minimum atomic E-state index is -0.449. The molecule has 0 spiro atoms. The number of carbonyl (C=O) groups is 1. The van der Waals surface area contributed by atoms with Crippen molar-refractivity contribution >= 4 is 39.8 Å². The molecule has 2 aliphatic rings. The molecular weight excluding hydrogens is 432 g/mol. The Morgan fingerprint density at radius 3 is 2.64 bits per heavy atom. The van der Waals surface area contributed by atoms with Gasteiger partial charge in [-0.15, -0.1) is 0 Å². The summed E-state index contributed by atoms with van der Waals surface area (Å²) in [6.45, 7) is 2.46. The predicted molar refractivity (Wildman–Crippen MR) is 133 cm³/mol. The number of rotatable bonds is 5. The average molecular weight is 453 g/mol. The third-order valence-electron chi connectivity index (χ3n) is 5.25. The highest BCUT2D eigenvalue weighted by Crippen LogP contribution is 2.32. The molecule has 2 aliphatic heterocycles. The van der Waals surface area contributed by atoms with E-state index in [9.17, 15) is 4.79 Å². The molecule has 0 saturated heterocycles. The molecule has 0 saturated carbocycles. The van der Waals surface area contributed by atoms with Gasteiger partial charge in [0, 0.05) is 5.56 Å². The van der Waals surface area contributed by atoms with Gasteiger partial charge in [-0.25, -0.2) is 0 Å². The first kappa shape index (κ1) is 20.9. The van der Waals surface area contributed by atoms with Gasteiger partial charge in [-0.05, 0) is 53.6 Å². The van der Waals surface area contributed by atoms with E-state index in [4.69, 9.17) is 10.1 Å². The SMILES string of the molecule is Cc1ccccc1C1=NN2C(=N)C(=Cc3cccc(OCc4ccccc4)c3)C(=O)N=C2S1. The Kier molecular flexibility index (Phi) is 5.62. The Hall–Kier alpha value is -3.97. The zero-order valence-electron chi connectivity index (χ0n) is 17.9. The summed E-state index contributed by atoms with van der Waals surface area (Å²) in [5.41, 5.74) is 4.05. The standard InChI is InChI=1S/C26H20N4O2S/c1-17-8-5-6-13-21(17)25-29-30-23(27)22(24(31)28-26(30)33-25)15-19-11-7-12-20(14-19)32-16-18-9-3-2-4-10-18/h2-15,27H,16H2,1H3. The number of hydrazone groups is 1. The number of ether oxygens (including phenoxy) is 1. The van der Waals surface area contributed by atoms with E-state index >= 15 is 0 Å². The van der Waals surface area contributed by atoms with Crippen LogP contribution >= 0.6 is 11.8 Å². The number of hydrogen-bond donors (Lipinski definition) is 1. The average Bonchev–Trinajstić information content (AvgIpc) is 3.25. The number of nitrogens with one attached hydrogen (secondary N) is 1. The predicted octanol–water partition coefficient (Wildman–Crippen LogP) is 5.24. The van der Waals surface area contributed by atoms with Crippen molar-refractivity contribution in [3.63, 3.8) is 0 Å². The highest BCUT2D eigenvalue weighted by Gasteiger charge is 2.36. The second-order valence-corrected chi connectivity index (χ2v) is 8.54. The molecule has 7 heteroatoms. The smallest absolute Gasteiger partial charge is 0.283 e. The maximum absolute atomic E-state index is 12.7. The van der Waals surface area contributed by atoms with Crippen LogP contribution in [0.2, 0.25) is 0 Å². The number of aryl methyl sites for hydroxylation is 1. The van der Waals surface area contributed by atoms with Gasteiger partial charge in [0.1, 0.15) is 17.4 Å². The second-order valence-electron chi connectivity index (χ2n) is 7.59. The molecule has 33 heavy (non-hydrogen) atoms. The number of carbonyl (C=O) groups excluding carboxylic acids is 1. The Morgan fingerprint density at radius 1 is 1.03 bits per heavy atom. The van der Waals surface area contributed by atoms with E-state index in [0.717, 1.165) is 27.3 Å². The van der Waals surface area contributed by atoms with E-state index in [-0.39, 0.29) is 11.4 Å². The number of fused-ring (bicyclic) bond motifs is 1. The lowest BCUT2D eigenvalue weighted by Crippen LogP contribution is -2.35. The number of aliphatic imine (C=N–C) groups is 1. The van der Waals surface area contributed by atoms with Gasteiger partial charge in [0.15, 0.2) is 5.84 Å². The van der Waals surface area contributed by atoms with Gasteiger partial charge in [-0.2, -0.15) is 15.1 Å². The van der Waals surface area contributed by atoms with Gasteiger partial charge >= 0.3 is 0 Å². The number of hydrogen-bond acceptors (Lipinski definition) is 5. The van der Waals surface area contributed by atoms with Crippen molar-refractivity contribution in [1.29, 1.82) is 5.41 Å². The van der Waals surface area contributed by atoms with Gasteiger partial charge in [-0.1, -0.05) is 66.7 Å². The summed E-state index contributed by atoms with van der Waals surface area (Å²) in [7, 11) is 0. The van der Waals surface area contributed by atoms with Crippen LogP contribution in [0.4, 0.5) is 0 Å². The van der Waals surface area contributed by atoms with Crippen molar-refractivity contribution in [2.24, 2.45) is 10.1 Å². The Labute approximate surface area is 195 Å². The number of benzene rings is 3. The molecule has 3 aromatic rings. The van der Waals surface area contributed by atoms with Gasteiger partial charge in [0.25, 0.3) is 5.91 Å². The third-order valence-corrected chi connectivity index (χ3v) is 6.19. The number of amidine groups is 2. The van der Waals surface area contributed by atoms with E-state index in [1.165, 1.54) is 16.8 Å². The monoisotopic (exact) mass is 452 g/mol. The van der Waals surface area contributed by atoms with E-state index in [1.54, 1.807) is 6.08 Å². The zero-order valence-corrected chi connectivity index (χ0v) is 18.7. The summed E-state index contributed by atoms with van der Waals surface area (Å²) < 4.78 is 5.89. The summed E-state index contributed by atoms with van der Waals surface area (Å²) >= 11 is 1.30. The van der Waals surface area contributed by atoms with Gasteiger partial charge in [0.2, 0.25) is 5.17 Å². The minimum Gasteiger partial charge on any atom is -0.489 e. The Balaban J connectivity index is 1.38. The van der Waals surface area contributed by atoms with Crippen molar-refractivity contribution in [1.82, 2.24) is 5.01 Å². The van der Waals surface area contributed by atoms with Crippen LogP contribution in [-0.4, -0.2) is 27.0 Å². The lowest BCUT2D eigenvalue weighted by Gasteiger charge is -2.20. The zero-order chi connectivity index (χ0) is 22.8. The summed E-state index contributed by atoms with van der Waals surface area (Å²) in [6.07, 6.45) is 1.66. The molecule has 1 amide bonds. The summed E-state index contributed by atoms with van der Waals surface area (Å²) in [5.74, 6) is 0.246. The van der Waals surface area contributed by atoms with E-state index in [0.29, 0.717) is 17.5 Å². The van der Waals surface area contributed by atoms with Gasteiger partial charge in [-0.3, -0.25) is 10.2 Å². The minimum absolute atomic E-state index is 0.0108. The molecule has 0 atom stereocenters. The molecule has 0 fully saturated rings. The van der Waals surface area contributed by atoms with Gasteiger partial charge < -0.3 is 4.74 Å². The summed E-state index contributed by atoms with van der Waals surface area (Å²) in [6, 6.07) is 25.2. The lowest BCUT2D eigenvalue weighted by atomic mass is 10.1. The molecule has 0 bridgehead atoms. The van der Waals surface area contributed by atoms with Gasteiger partial charge in [0.05, 0.1) is 5.57 Å². The van der Waals surface area contributed by atoms with Crippen LogP contribution in [0.5, 0.6) is 5.75 Å². The van der Waals surface area contributed by atoms with Crippen LogP contribution in [0, 0.1) is 12.3 Å². The van der Waals surface area contributed by atoms with Crippen molar-refractivity contribution in [2.45, 2.75) is 13.5 Å². The number of thioether (sulfide) groups is 1. The number of nitrogens with zero attached hydrogens (tertiary/aromatic N) is 3. The first-order chi connectivity index (χ1) is 16.1. The van der Waals surface area contributed by atoms with E-state index in [2.05, 4.69) is 10.1 Å². The van der Waals surface area contributed by atoms with Crippen molar-refractivity contribution in [3.8, 4) is 5.75 Å². The normalized spacial score (nSPS) is 16.5. The fraction of sp³-hybridized carbons (Fsp3) is 0.0769. The van der Waals surface area contributed by atoms with Crippen molar-refractivity contribution in [3.05, 3.63) is 107 Å². The molecule has 2 heterocycles. The first-order valence-electron chi connectivity index (χ1n) is 10.4. The maximum Gasteiger partial charge on any atom is 0.283 e. The van der Waals surface area contributed by atoms with Crippen molar-refractivity contribution in [2.75, 3.05) is 0 Å². The summed E-state index contributed by atoms with van der Waals surface area (Å²) in [5, 5.41) is 15.7. The Morgan fingerprint density at radius 2 is 1.82 bits per heavy atom. The summed E-state index contributed by atoms with van der Waals surface area (Å²) in [4.78, 5) is 16.9. The van der Waals surface area contributed by atoms with E-state index < -0.39 is 5.91 Å². The Bertz CT molecular complexity index is 1350. The molecule has 0 aliphatic carbocycles. The third kappa shape index (κ3) is 4.36. The van der Waals surface area contributed by atoms with Crippen LogP contribution in [0.1, 0.15) is 22.3 Å². The fourth-order valence-electron chi connectivity index (χ4n) is 3.52. The topological polar surface area (TPSA) is 78.1 Å². The molecule has 162 valence electrons. The second kappa shape index (κ2) is 8.88.